The van der Waals surface area contributed by atoms with Gasteiger partial charge in [-0.05, 0) is 55.3 Å². The third kappa shape index (κ3) is 5.04. The number of sulfonamides is 1. The zero-order chi connectivity index (χ0) is 23.4. The van der Waals surface area contributed by atoms with Gasteiger partial charge in [0.25, 0.3) is 5.91 Å². The third-order valence-electron chi connectivity index (χ3n) is 5.57. The molecule has 1 amide bonds. The minimum atomic E-state index is -3.61. The monoisotopic (exact) mass is 469 g/mol. The van der Waals surface area contributed by atoms with Crippen molar-refractivity contribution in [3.63, 3.8) is 0 Å². The third-order valence-corrected chi connectivity index (χ3v) is 7.44. The Bertz CT molecular complexity index is 1230. The number of amides is 1. The molecule has 0 saturated carbocycles. The first kappa shape index (κ1) is 22.9. The number of ether oxygens (including phenoxy) is 2. The number of carbonyl (C=O) groups is 1. The molecule has 2 aromatic carbocycles. The van der Waals surface area contributed by atoms with E-state index in [0.717, 1.165) is 19.3 Å². The van der Waals surface area contributed by atoms with E-state index in [0.29, 0.717) is 36.0 Å². The molecule has 1 aromatic heterocycles. The first-order chi connectivity index (χ1) is 15.9. The van der Waals surface area contributed by atoms with E-state index in [1.165, 1.54) is 21.1 Å². The van der Waals surface area contributed by atoms with Crippen LogP contribution >= 0.6 is 0 Å². The van der Waals surface area contributed by atoms with E-state index in [1.54, 1.807) is 44.5 Å². The molecular weight excluding hydrogens is 442 g/mol. The Kier molecular flexibility index (Phi) is 6.71. The highest BCUT2D eigenvalue weighted by Gasteiger charge is 2.28. The van der Waals surface area contributed by atoms with E-state index in [-0.39, 0.29) is 10.6 Å². The Morgan fingerprint density at radius 3 is 2.30 bits per heavy atom. The minimum Gasteiger partial charge on any atom is -0.493 e. The number of nitrogens with zero attached hydrogens (tertiary/aromatic N) is 2. The lowest BCUT2D eigenvalue weighted by atomic mass is 10.2. The Morgan fingerprint density at radius 2 is 1.64 bits per heavy atom. The molecule has 1 fully saturated rings. The first-order valence-electron chi connectivity index (χ1n) is 10.8. The summed E-state index contributed by atoms with van der Waals surface area (Å²) in [5.74, 6) is 1.40. The molecule has 0 atom stereocenters. The molecule has 8 nitrogen and oxygen atoms in total. The second-order valence-corrected chi connectivity index (χ2v) is 9.81. The number of hydrogen-bond acceptors (Lipinski definition) is 5. The lowest BCUT2D eigenvalue weighted by Crippen LogP contribution is -2.35. The van der Waals surface area contributed by atoms with Gasteiger partial charge in [-0.1, -0.05) is 18.6 Å². The number of para-hydroxylation sites is 2. The molecule has 0 spiro atoms. The fraction of sp³-hybridized carbons (Fsp3) is 0.292. The number of rotatable bonds is 7. The highest BCUT2D eigenvalue weighted by Crippen LogP contribution is 2.31. The molecule has 33 heavy (non-hydrogen) atoms. The van der Waals surface area contributed by atoms with Crippen LogP contribution in [0.2, 0.25) is 0 Å². The summed E-state index contributed by atoms with van der Waals surface area (Å²) in [6, 6.07) is 15.7. The summed E-state index contributed by atoms with van der Waals surface area (Å²) >= 11 is 0. The second kappa shape index (κ2) is 9.68. The second-order valence-electron chi connectivity index (χ2n) is 7.87. The highest BCUT2D eigenvalue weighted by molar-refractivity contribution is 7.89. The fourth-order valence-corrected chi connectivity index (χ4v) is 5.38. The van der Waals surface area contributed by atoms with Crippen LogP contribution in [0.4, 0.5) is 5.69 Å². The molecule has 174 valence electrons. The topological polar surface area (TPSA) is 89.9 Å². The quantitative estimate of drug-likeness (QED) is 0.559. The smallest absolute Gasteiger partial charge is 0.272 e. The summed E-state index contributed by atoms with van der Waals surface area (Å²) < 4.78 is 40.0. The zero-order valence-electron chi connectivity index (χ0n) is 18.7. The van der Waals surface area contributed by atoms with Crippen LogP contribution in [0.3, 0.4) is 0 Å². The standard InChI is InChI=1S/C24H27N3O5S/c1-26-17-20(33(29,30)27-14-6-3-7-15-27)16-21(26)24(28)25-18-10-12-19(13-11-18)32-23-9-5-4-8-22(23)31-2/h4-5,8-13,16-17H,3,6-7,14-15H2,1-2H3,(H,25,28). The predicted molar refractivity (Wildman–Crippen MR) is 125 cm³/mol. The fourth-order valence-electron chi connectivity index (χ4n) is 3.79. The minimum absolute atomic E-state index is 0.137. The molecule has 9 heteroatoms. The van der Waals surface area contributed by atoms with E-state index in [4.69, 9.17) is 9.47 Å². The maximum absolute atomic E-state index is 12.9. The molecule has 1 N–H and O–H groups in total. The number of methoxy groups -OCH3 is 1. The summed E-state index contributed by atoms with van der Waals surface area (Å²) in [6.07, 6.45) is 4.24. The molecule has 1 aliphatic heterocycles. The Balaban J connectivity index is 1.45. The van der Waals surface area contributed by atoms with Gasteiger partial charge in [-0.2, -0.15) is 4.31 Å². The van der Waals surface area contributed by atoms with E-state index in [1.807, 2.05) is 18.2 Å². The molecule has 1 aliphatic rings. The summed E-state index contributed by atoms with van der Waals surface area (Å²) in [5.41, 5.74) is 0.828. The van der Waals surface area contributed by atoms with Crippen molar-refractivity contribution >= 4 is 21.6 Å². The molecule has 4 rings (SSSR count). The van der Waals surface area contributed by atoms with Gasteiger partial charge in [0.2, 0.25) is 10.0 Å². The molecular formula is C24H27N3O5S. The SMILES string of the molecule is COc1ccccc1Oc1ccc(NC(=O)c2cc(S(=O)(=O)N3CCCCC3)cn2C)cc1. The molecule has 0 bridgehead atoms. The summed E-state index contributed by atoms with van der Waals surface area (Å²) in [6.45, 7) is 1.03. The van der Waals surface area contributed by atoms with Crippen LogP contribution in [0.5, 0.6) is 17.2 Å². The molecule has 0 unspecified atom stereocenters. The molecule has 1 saturated heterocycles. The van der Waals surface area contributed by atoms with Crippen LogP contribution in [0.15, 0.2) is 65.7 Å². The number of carbonyl (C=O) groups excluding carboxylic acids is 1. The van der Waals surface area contributed by atoms with Crippen molar-refractivity contribution in [1.29, 1.82) is 0 Å². The Labute approximate surface area is 193 Å². The van der Waals surface area contributed by atoms with Gasteiger partial charge in [-0.25, -0.2) is 8.42 Å². The van der Waals surface area contributed by atoms with Crippen LogP contribution < -0.4 is 14.8 Å². The number of aromatic nitrogens is 1. The Hall–Kier alpha value is -3.30. The van der Waals surface area contributed by atoms with Crippen molar-refractivity contribution in [1.82, 2.24) is 8.87 Å². The average Bonchev–Trinajstić information content (AvgIpc) is 3.24. The largest absolute Gasteiger partial charge is 0.493 e. The van der Waals surface area contributed by atoms with Crippen molar-refractivity contribution < 1.29 is 22.7 Å². The number of nitrogens with one attached hydrogen (secondary N) is 1. The first-order valence-corrected chi connectivity index (χ1v) is 12.2. The number of anilines is 1. The van der Waals surface area contributed by atoms with Gasteiger partial charge in [0.1, 0.15) is 16.3 Å². The van der Waals surface area contributed by atoms with Crippen LogP contribution in [0.25, 0.3) is 0 Å². The Morgan fingerprint density at radius 1 is 0.970 bits per heavy atom. The summed E-state index contributed by atoms with van der Waals surface area (Å²) in [5, 5.41) is 2.81. The lowest BCUT2D eigenvalue weighted by Gasteiger charge is -2.25. The van der Waals surface area contributed by atoms with Gasteiger partial charge < -0.3 is 19.4 Å². The van der Waals surface area contributed by atoms with Crippen LogP contribution in [0, 0.1) is 0 Å². The van der Waals surface area contributed by atoms with Gasteiger partial charge in [-0.15, -0.1) is 0 Å². The zero-order valence-corrected chi connectivity index (χ0v) is 19.5. The summed E-state index contributed by atoms with van der Waals surface area (Å²) in [7, 11) is -0.368. The summed E-state index contributed by atoms with van der Waals surface area (Å²) in [4.78, 5) is 13.0. The normalized spacial score (nSPS) is 14.6. The van der Waals surface area contributed by atoms with E-state index in [9.17, 15) is 13.2 Å². The number of aryl methyl sites for hydroxylation is 1. The van der Waals surface area contributed by atoms with Crippen molar-refractivity contribution in [2.75, 3.05) is 25.5 Å². The van der Waals surface area contributed by atoms with E-state index < -0.39 is 15.9 Å². The van der Waals surface area contributed by atoms with Crippen LogP contribution in [-0.4, -0.2) is 43.4 Å². The molecule has 2 heterocycles. The molecule has 3 aromatic rings. The van der Waals surface area contributed by atoms with Crippen LogP contribution in [0.1, 0.15) is 29.8 Å². The van der Waals surface area contributed by atoms with Crippen molar-refractivity contribution in [2.24, 2.45) is 7.05 Å². The van der Waals surface area contributed by atoms with Gasteiger partial charge in [0.05, 0.1) is 7.11 Å². The maximum atomic E-state index is 12.9. The van der Waals surface area contributed by atoms with Gasteiger partial charge >= 0.3 is 0 Å². The lowest BCUT2D eigenvalue weighted by molar-refractivity contribution is 0.101. The number of hydrogen-bond donors (Lipinski definition) is 1. The maximum Gasteiger partial charge on any atom is 0.272 e. The molecule has 0 aliphatic carbocycles. The van der Waals surface area contributed by atoms with Gasteiger partial charge in [0, 0.05) is 32.0 Å². The number of benzene rings is 2. The predicted octanol–water partition coefficient (Wildman–Crippen LogP) is 4.25. The number of piperidine rings is 1. The van der Waals surface area contributed by atoms with Crippen molar-refractivity contribution in [2.45, 2.75) is 24.2 Å². The highest BCUT2D eigenvalue weighted by atomic mass is 32.2. The van der Waals surface area contributed by atoms with Gasteiger partial charge in [-0.3, -0.25) is 4.79 Å². The van der Waals surface area contributed by atoms with Crippen molar-refractivity contribution in [3.05, 3.63) is 66.5 Å². The van der Waals surface area contributed by atoms with Crippen LogP contribution in [-0.2, 0) is 17.1 Å². The van der Waals surface area contributed by atoms with E-state index in [2.05, 4.69) is 5.32 Å². The average molecular weight is 470 g/mol. The molecule has 0 radical (unpaired) electrons. The van der Waals surface area contributed by atoms with E-state index >= 15 is 0 Å². The van der Waals surface area contributed by atoms with Crippen molar-refractivity contribution in [3.8, 4) is 17.2 Å². The van der Waals surface area contributed by atoms with Gasteiger partial charge in [0.15, 0.2) is 11.5 Å².